The van der Waals surface area contributed by atoms with Crippen LogP contribution in [0.4, 0.5) is 11.4 Å². The van der Waals surface area contributed by atoms with Crippen LogP contribution in [0.2, 0.25) is 0 Å². The van der Waals surface area contributed by atoms with E-state index in [1.54, 1.807) is 0 Å². The number of nitrogens with one attached hydrogen (secondary N) is 2. The average molecular weight is 278 g/mol. The Bertz CT molecular complexity index is 448. The minimum Gasteiger partial charge on any atom is -0.381 e. The van der Waals surface area contributed by atoms with Crippen LogP contribution in [0, 0.1) is 5.92 Å². The van der Waals surface area contributed by atoms with Crippen molar-refractivity contribution >= 4 is 29.0 Å². The maximum absolute atomic E-state index is 11.7. The summed E-state index contributed by atoms with van der Waals surface area (Å²) in [6.07, 6.45) is 1.20. The van der Waals surface area contributed by atoms with Gasteiger partial charge >= 0.3 is 0 Å². The topological polar surface area (TPSA) is 41.1 Å². The number of hydrogen-bond donors (Lipinski definition) is 2. The summed E-state index contributed by atoms with van der Waals surface area (Å²) >= 11 is 2.01. The fourth-order valence-electron chi connectivity index (χ4n) is 2.13. The second-order valence-corrected chi connectivity index (χ2v) is 6.92. The summed E-state index contributed by atoms with van der Waals surface area (Å²) in [6, 6.07) is 8.50. The first kappa shape index (κ1) is 14.3. The van der Waals surface area contributed by atoms with Crippen molar-refractivity contribution in [3.8, 4) is 0 Å². The van der Waals surface area contributed by atoms with Crippen LogP contribution in [0.1, 0.15) is 27.2 Å². The lowest BCUT2D eigenvalue weighted by Gasteiger charge is -2.15. The van der Waals surface area contributed by atoms with Crippen molar-refractivity contribution in [1.29, 1.82) is 0 Å². The predicted molar refractivity (Wildman–Crippen MR) is 83.9 cm³/mol. The largest absolute Gasteiger partial charge is 0.381 e. The van der Waals surface area contributed by atoms with E-state index in [1.807, 2.05) is 43.8 Å². The third-order valence-corrected chi connectivity index (χ3v) is 4.58. The van der Waals surface area contributed by atoms with E-state index in [1.165, 1.54) is 6.42 Å². The van der Waals surface area contributed by atoms with E-state index in [2.05, 4.69) is 23.6 Å². The smallest absolute Gasteiger partial charge is 0.226 e. The van der Waals surface area contributed by atoms with E-state index in [0.29, 0.717) is 6.04 Å². The Morgan fingerprint density at radius 1 is 1.37 bits per heavy atom. The number of amides is 1. The van der Waals surface area contributed by atoms with Crippen molar-refractivity contribution in [2.24, 2.45) is 5.92 Å². The molecule has 0 aliphatic carbocycles. The maximum Gasteiger partial charge on any atom is 0.226 e. The lowest BCUT2D eigenvalue weighted by Crippen LogP contribution is -2.20. The summed E-state index contributed by atoms with van der Waals surface area (Å²) in [7, 11) is 0. The van der Waals surface area contributed by atoms with E-state index in [9.17, 15) is 4.79 Å². The lowest BCUT2D eigenvalue weighted by molar-refractivity contribution is -0.118. The molecule has 2 N–H and O–H groups in total. The highest BCUT2D eigenvalue weighted by Crippen LogP contribution is 2.28. The second kappa shape index (κ2) is 6.33. The molecule has 3 nitrogen and oxygen atoms in total. The van der Waals surface area contributed by atoms with Crippen LogP contribution < -0.4 is 10.6 Å². The quantitative estimate of drug-likeness (QED) is 0.884. The summed E-state index contributed by atoms with van der Waals surface area (Å²) < 4.78 is 0. The Morgan fingerprint density at radius 3 is 2.74 bits per heavy atom. The molecule has 0 bridgehead atoms. The van der Waals surface area contributed by atoms with Crippen molar-refractivity contribution < 1.29 is 4.79 Å². The third kappa shape index (κ3) is 4.16. The Kier molecular flexibility index (Phi) is 4.75. The number of hydrogen-bond acceptors (Lipinski definition) is 3. The van der Waals surface area contributed by atoms with Crippen LogP contribution in [-0.4, -0.2) is 23.0 Å². The van der Waals surface area contributed by atoms with Gasteiger partial charge in [-0.2, -0.15) is 11.8 Å². The minimum atomic E-state index is 0.00342. The van der Waals surface area contributed by atoms with Crippen molar-refractivity contribution in [3.05, 3.63) is 24.3 Å². The minimum absolute atomic E-state index is 0.00342. The van der Waals surface area contributed by atoms with Gasteiger partial charge < -0.3 is 10.6 Å². The molecule has 19 heavy (non-hydrogen) atoms. The van der Waals surface area contributed by atoms with Gasteiger partial charge in [-0.1, -0.05) is 26.8 Å². The molecule has 1 aliphatic heterocycles. The van der Waals surface area contributed by atoms with Gasteiger partial charge in [-0.25, -0.2) is 0 Å². The SMILES string of the molecule is CC1CC(Nc2cccc(NC(=O)C(C)C)c2)CS1. The molecule has 1 fully saturated rings. The monoisotopic (exact) mass is 278 g/mol. The van der Waals surface area contributed by atoms with Crippen LogP contribution >= 0.6 is 11.8 Å². The van der Waals surface area contributed by atoms with Crippen LogP contribution in [0.5, 0.6) is 0 Å². The highest BCUT2D eigenvalue weighted by molar-refractivity contribution is 8.00. The first-order chi connectivity index (χ1) is 9.04. The fraction of sp³-hybridized carbons (Fsp3) is 0.533. The first-order valence-electron chi connectivity index (χ1n) is 6.83. The molecule has 1 amide bonds. The highest BCUT2D eigenvalue weighted by atomic mass is 32.2. The lowest BCUT2D eigenvalue weighted by atomic mass is 10.1. The van der Waals surface area contributed by atoms with E-state index in [-0.39, 0.29) is 11.8 Å². The first-order valence-corrected chi connectivity index (χ1v) is 7.88. The van der Waals surface area contributed by atoms with E-state index >= 15 is 0 Å². The fourth-order valence-corrected chi connectivity index (χ4v) is 3.28. The molecule has 0 spiro atoms. The van der Waals surface area contributed by atoms with Crippen LogP contribution in [0.15, 0.2) is 24.3 Å². The van der Waals surface area contributed by atoms with Gasteiger partial charge in [-0.15, -0.1) is 0 Å². The van der Waals surface area contributed by atoms with Gasteiger partial charge in [-0.3, -0.25) is 4.79 Å². The Morgan fingerprint density at radius 2 is 2.11 bits per heavy atom. The number of anilines is 2. The molecule has 0 saturated carbocycles. The predicted octanol–water partition coefficient (Wildman–Crippen LogP) is 3.59. The standard InChI is InChI=1S/C15H22N2OS/c1-10(2)15(18)17-13-6-4-5-12(8-13)16-14-7-11(3)19-9-14/h4-6,8,10-11,14,16H,7,9H2,1-3H3,(H,17,18). The molecular formula is C15H22N2OS. The maximum atomic E-state index is 11.7. The third-order valence-electron chi connectivity index (χ3n) is 3.22. The molecule has 1 heterocycles. The molecule has 1 saturated heterocycles. The highest BCUT2D eigenvalue weighted by Gasteiger charge is 2.21. The summed E-state index contributed by atoms with van der Waals surface area (Å²) in [5, 5.41) is 7.21. The van der Waals surface area contributed by atoms with Crippen LogP contribution in [-0.2, 0) is 4.79 Å². The summed E-state index contributed by atoms with van der Waals surface area (Å²) in [6.45, 7) is 6.06. The zero-order valence-corrected chi connectivity index (χ0v) is 12.6. The molecule has 0 aromatic heterocycles. The molecule has 4 heteroatoms. The van der Waals surface area contributed by atoms with E-state index in [0.717, 1.165) is 22.4 Å². The number of rotatable bonds is 4. The zero-order valence-electron chi connectivity index (χ0n) is 11.8. The number of carbonyl (C=O) groups excluding carboxylic acids is 1. The molecule has 104 valence electrons. The van der Waals surface area contributed by atoms with Crippen molar-refractivity contribution in [1.82, 2.24) is 0 Å². The average Bonchev–Trinajstić information content (AvgIpc) is 2.75. The zero-order chi connectivity index (χ0) is 13.8. The molecule has 2 atom stereocenters. The molecule has 2 unspecified atom stereocenters. The Balaban J connectivity index is 1.97. The summed E-state index contributed by atoms with van der Waals surface area (Å²) in [5.41, 5.74) is 1.95. The van der Waals surface area contributed by atoms with Crippen LogP contribution in [0.3, 0.4) is 0 Å². The van der Waals surface area contributed by atoms with Gasteiger partial charge in [0.05, 0.1) is 0 Å². The normalized spacial score (nSPS) is 22.5. The van der Waals surface area contributed by atoms with Crippen molar-refractivity contribution in [3.63, 3.8) is 0 Å². The van der Waals surface area contributed by atoms with Gasteiger partial charge in [0.15, 0.2) is 0 Å². The Hall–Kier alpha value is -1.16. The summed E-state index contributed by atoms with van der Waals surface area (Å²) in [4.78, 5) is 11.7. The van der Waals surface area contributed by atoms with E-state index in [4.69, 9.17) is 0 Å². The number of carbonyl (C=O) groups is 1. The van der Waals surface area contributed by atoms with Gasteiger partial charge in [0, 0.05) is 34.3 Å². The van der Waals surface area contributed by atoms with Gasteiger partial charge in [-0.05, 0) is 24.6 Å². The molecule has 1 aliphatic rings. The van der Waals surface area contributed by atoms with Crippen molar-refractivity contribution in [2.75, 3.05) is 16.4 Å². The Labute approximate surface area is 119 Å². The molecular weight excluding hydrogens is 256 g/mol. The van der Waals surface area contributed by atoms with Crippen LogP contribution in [0.25, 0.3) is 0 Å². The van der Waals surface area contributed by atoms with Crippen molar-refractivity contribution in [2.45, 2.75) is 38.5 Å². The van der Waals surface area contributed by atoms with Gasteiger partial charge in [0.2, 0.25) is 5.91 Å². The van der Waals surface area contributed by atoms with E-state index < -0.39 is 0 Å². The number of thioether (sulfide) groups is 1. The number of benzene rings is 1. The molecule has 1 aromatic carbocycles. The van der Waals surface area contributed by atoms with Gasteiger partial charge in [0.25, 0.3) is 0 Å². The molecule has 2 rings (SSSR count). The summed E-state index contributed by atoms with van der Waals surface area (Å²) in [5.74, 6) is 1.22. The molecule has 0 radical (unpaired) electrons. The second-order valence-electron chi connectivity index (χ2n) is 5.45. The van der Waals surface area contributed by atoms with Gasteiger partial charge in [0.1, 0.15) is 0 Å². The molecule has 1 aromatic rings.